The lowest BCUT2D eigenvalue weighted by Crippen LogP contribution is -2.32. The van der Waals surface area contributed by atoms with Crippen molar-refractivity contribution in [2.45, 2.75) is 31.9 Å². The van der Waals surface area contributed by atoms with Gasteiger partial charge in [-0.25, -0.2) is 14.4 Å². The standard InChI is InChI=1S/C39H65FN6O7S/c1-33(30-37-34(2)43-39(54-37)35-8-9-38(42-31-35)46-12-10-36(40)32-46)45(4)14-13-44(3)15-19-50-23-25-52-27-29-53-28-26-51-24-21-48-17-7-5-6-16-47-20-22-49-18-11-41/h8-9,30-31,36H,1-2,5-7,10-29,32,41H2,3-4H3/b37-30+. The van der Waals surface area contributed by atoms with Crippen LogP contribution in [-0.2, 0) is 33.2 Å². The summed E-state index contributed by atoms with van der Waals surface area (Å²) in [6.45, 7) is 20.8. The molecule has 1 saturated heterocycles. The highest BCUT2D eigenvalue weighted by Crippen LogP contribution is 2.23. The Bertz CT molecular complexity index is 1370. The summed E-state index contributed by atoms with van der Waals surface area (Å²) in [5, 5.41) is 1.56. The van der Waals surface area contributed by atoms with Gasteiger partial charge in [0.15, 0.2) is 0 Å². The second kappa shape index (κ2) is 28.8. The van der Waals surface area contributed by atoms with Crippen LogP contribution in [0.15, 0.2) is 30.6 Å². The molecule has 0 bridgehead atoms. The Kier molecular flexibility index (Phi) is 24.4. The summed E-state index contributed by atoms with van der Waals surface area (Å²) in [5.41, 5.74) is 7.18. The van der Waals surface area contributed by atoms with Gasteiger partial charge in [-0.05, 0) is 50.9 Å². The van der Waals surface area contributed by atoms with Crippen LogP contribution >= 0.6 is 11.3 Å². The fourth-order valence-electron chi connectivity index (χ4n) is 5.26. The molecule has 1 aliphatic rings. The number of nitrogens with two attached hydrogens (primary N) is 1. The van der Waals surface area contributed by atoms with Gasteiger partial charge in [-0.3, -0.25) is 0 Å². The van der Waals surface area contributed by atoms with Crippen molar-refractivity contribution in [2.75, 3.05) is 151 Å². The highest BCUT2D eigenvalue weighted by atomic mass is 32.1. The van der Waals surface area contributed by atoms with Crippen LogP contribution in [0.5, 0.6) is 0 Å². The average Bonchev–Trinajstić information content (AvgIpc) is 3.78. The predicted molar refractivity (Wildman–Crippen MR) is 214 cm³/mol. The molecule has 306 valence electrons. The zero-order valence-electron chi connectivity index (χ0n) is 32.7. The van der Waals surface area contributed by atoms with Crippen molar-refractivity contribution in [1.29, 1.82) is 0 Å². The first-order valence-corrected chi connectivity index (χ1v) is 20.0. The summed E-state index contributed by atoms with van der Waals surface area (Å²) in [6.07, 6.45) is 6.73. The van der Waals surface area contributed by atoms with Gasteiger partial charge in [-0.2, -0.15) is 0 Å². The molecular weight excluding hydrogens is 716 g/mol. The Morgan fingerprint density at radius 3 is 1.94 bits per heavy atom. The number of aromatic nitrogens is 2. The van der Waals surface area contributed by atoms with E-state index in [9.17, 15) is 4.39 Å². The zero-order valence-corrected chi connectivity index (χ0v) is 33.5. The number of thiazole rings is 1. The Hall–Kier alpha value is -2.57. The van der Waals surface area contributed by atoms with E-state index in [1.165, 1.54) is 0 Å². The van der Waals surface area contributed by atoms with Gasteiger partial charge in [0, 0.05) is 70.4 Å². The average molecular weight is 781 g/mol. The van der Waals surface area contributed by atoms with Gasteiger partial charge >= 0.3 is 0 Å². The number of alkyl halides is 1. The molecule has 1 atom stereocenters. The van der Waals surface area contributed by atoms with Crippen molar-refractivity contribution in [3.05, 3.63) is 40.5 Å². The van der Waals surface area contributed by atoms with Gasteiger partial charge in [0.05, 0.1) is 95.7 Å². The van der Waals surface area contributed by atoms with Crippen molar-refractivity contribution in [3.8, 4) is 10.6 Å². The van der Waals surface area contributed by atoms with E-state index in [1.807, 2.05) is 30.2 Å². The molecule has 1 fully saturated rings. The maximum atomic E-state index is 13.6. The minimum Gasteiger partial charge on any atom is -0.379 e. The van der Waals surface area contributed by atoms with Gasteiger partial charge in [-0.1, -0.05) is 13.2 Å². The van der Waals surface area contributed by atoms with Gasteiger partial charge in [0.25, 0.3) is 0 Å². The van der Waals surface area contributed by atoms with E-state index in [1.54, 1.807) is 17.5 Å². The smallest absolute Gasteiger partial charge is 0.128 e. The zero-order chi connectivity index (χ0) is 38.6. The van der Waals surface area contributed by atoms with E-state index in [2.05, 4.69) is 40.0 Å². The fourth-order valence-corrected chi connectivity index (χ4v) is 6.22. The molecule has 3 rings (SSSR count). The molecule has 2 N–H and O–H groups in total. The maximum absolute atomic E-state index is 13.6. The third-order valence-corrected chi connectivity index (χ3v) is 9.69. The lowest BCUT2D eigenvalue weighted by molar-refractivity contribution is -0.0122. The summed E-state index contributed by atoms with van der Waals surface area (Å²) in [5.74, 6) is 0.800. The van der Waals surface area contributed by atoms with E-state index in [-0.39, 0.29) is 0 Å². The summed E-state index contributed by atoms with van der Waals surface area (Å²) in [7, 11) is 4.12. The minimum atomic E-state index is -0.779. The van der Waals surface area contributed by atoms with Gasteiger partial charge in [0.1, 0.15) is 17.0 Å². The van der Waals surface area contributed by atoms with Crippen molar-refractivity contribution >= 4 is 29.8 Å². The second-order valence-corrected chi connectivity index (χ2v) is 14.1. The molecule has 2 aromatic rings. The largest absolute Gasteiger partial charge is 0.379 e. The molecule has 0 aliphatic carbocycles. The number of allylic oxidation sites excluding steroid dienone is 1. The molecule has 1 unspecified atom stereocenters. The summed E-state index contributed by atoms with van der Waals surface area (Å²) >= 11 is 1.56. The van der Waals surface area contributed by atoms with Crippen LogP contribution in [0.4, 0.5) is 10.2 Å². The fraction of sp³-hybridized carbons (Fsp3) is 0.692. The normalized spacial score (nSPS) is 14.9. The van der Waals surface area contributed by atoms with Crippen LogP contribution in [0.1, 0.15) is 25.7 Å². The number of unbranched alkanes of at least 4 members (excludes halogenated alkanes) is 2. The number of halogens is 1. The first-order chi connectivity index (χ1) is 26.4. The van der Waals surface area contributed by atoms with Crippen LogP contribution in [0, 0.1) is 0 Å². The van der Waals surface area contributed by atoms with E-state index < -0.39 is 6.17 Å². The summed E-state index contributed by atoms with van der Waals surface area (Å²) < 4.78 is 53.4. The number of ether oxygens (including phenoxy) is 7. The van der Waals surface area contributed by atoms with Crippen LogP contribution in [0.3, 0.4) is 0 Å². The summed E-state index contributed by atoms with van der Waals surface area (Å²) in [6, 6.07) is 3.93. The van der Waals surface area contributed by atoms with E-state index in [0.717, 1.165) is 78.7 Å². The third kappa shape index (κ3) is 19.8. The van der Waals surface area contributed by atoms with E-state index in [4.69, 9.17) is 38.9 Å². The first kappa shape index (κ1) is 45.8. The van der Waals surface area contributed by atoms with Crippen LogP contribution in [-0.4, -0.2) is 172 Å². The Morgan fingerprint density at radius 2 is 1.41 bits per heavy atom. The topological polar surface area (TPSA) is 126 Å². The molecule has 0 aromatic carbocycles. The molecule has 54 heavy (non-hydrogen) atoms. The van der Waals surface area contributed by atoms with Gasteiger partial charge in [0.2, 0.25) is 0 Å². The molecule has 1 aliphatic heterocycles. The minimum absolute atomic E-state index is 0.404. The number of hydrogen-bond donors (Lipinski definition) is 1. The Morgan fingerprint density at radius 1 is 0.833 bits per heavy atom. The molecule has 13 nitrogen and oxygen atoms in total. The number of rotatable bonds is 33. The Labute approximate surface area is 325 Å². The van der Waals surface area contributed by atoms with E-state index in [0.29, 0.717) is 111 Å². The highest BCUT2D eigenvalue weighted by molar-refractivity contribution is 7.13. The molecule has 0 spiro atoms. The number of pyridine rings is 1. The van der Waals surface area contributed by atoms with Crippen molar-refractivity contribution in [1.82, 2.24) is 19.8 Å². The van der Waals surface area contributed by atoms with Gasteiger partial charge in [-0.15, -0.1) is 11.3 Å². The monoisotopic (exact) mass is 780 g/mol. The molecule has 2 aromatic heterocycles. The van der Waals surface area contributed by atoms with Gasteiger partial charge < -0.3 is 53.6 Å². The number of hydrogen-bond acceptors (Lipinski definition) is 14. The first-order valence-electron chi connectivity index (χ1n) is 19.2. The van der Waals surface area contributed by atoms with Crippen LogP contribution in [0.2, 0.25) is 0 Å². The molecule has 0 radical (unpaired) electrons. The molecule has 0 amide bonds. The number of nitrogens with zero attached hydrogens (tertiary/aromatic N) is 5. The quantitative estimate of drug-likeness (QED) is 0.107. The SMILES string of the molecule is C=C(/C=c1/sc(-c2ccc(N3CCC(F)C3)nc2)nc1=C)N(C)CCN(C)CCOCCOCCOCCOCCOCCCCCOCCOCCN. The van der Waals surface area contributed by atoms with Crippen molar-refractivity contribution in [3.63, 3.8) is 0 Å². The number of anilines is 1. The van der Waals surface area contributed by atoms with E-state index >= 15 is 0 Å². The van der Waals surface area contributed by atoms with Crippen molar-refractivity contribution in [2.24, 2.45) is 5.73 Å². The van der Waals surface area contributed by atoms with Crippen molar-refractivity contribution < 1.29 is 37.5 Å². The third-order valence-electron chi connectivity index (χ3n) is 8.60. The van der Waals surface area contributed by atoms with Crippen LogP contribution in [0.25, 0.3) is 23.2 Å². The Balaban J connectivity index is 1.10. The molecule has 0 saturated carbocycles. The molecule has 15 heteroatoms. The lowest BCUT2D eigenvalue weighted by Gasteiger charge is -2.23. The predicted octanol–water partition coefficient (Wildman–Crippen LogP) is 2.57. The number of likely N-dealkylation sites (N-methyl/N-ethyl adjacent to an activating group) is 2. The second-order valence-electron chi connectivity index (χ2n) is 13.1. The lowest BCUT2D eigenvalue weighted by atomic mass is 10.2. The molecule has 3 heterocycles. The van der Waals surface area contributed by atoms with Crippen LogP contribution < -0.4 is 20.5 Å². The highest BCUT2D eigenvalue weighted by Gasteiger charge is 2.22. The summed E-state index contributed by atoms with van der Waals surface area (Å²) in [4.78, 5) is 15.6. The molecular formula is C39H65FN6O7S. The maximum Gasteiger partial charge on any atom is 0.128 e.